The van der Waals surface area contributed by atoms with Crippen LogP contribution in [0.4, 0.5) is 4.39 Å². The lowest BCUT2D eigenvalue weighted by Gasteiger charge is -2.01. The van der Waals surface area contributed by atoms with Crippen LogP contribution in [0.15, 0.2) is 35.9 Å². The fourth-order valence-electron chi connectivity index (χ4n) is 0.605. The van der Waals surface area contributed by atoms with E-state index in [4.69, 9.17) is 4.74 Å². The van der Waals surface area contributed by atoms with Gasteiger partial charge in [-0.15, -0.1) is 0 Å². The lowest BCUT2D eigenvalue weighted by atomic mass is 10.2. The van der Waals surface area contributed by atoms with Crippen molar-refractivity contribution in [3.8, 4) is 0 Å². The summed E-state index contributed by atoms with van der Waals surface area (Å²) in [5, 5.41) is 0. The van der Waals surface area contributed by atoms with Gasteiger partial charge in [-0.05, 0) is 31.6 Å². The van der Waals surface area contributed by atoms with E-state index in [1.165, 1.54) is 6.08 Å². The molecule has 0 fully saturated rings. The van der Waals surface area contributed by atoms with Crippen LogP contribution in [0.1, 0.15) is 13.8 Å². The van der Waals surface area contributed by atoms with Gasteiger partial charge in [0.25, 0.3) is 0 Å². The number of rotatable bonds is 3. The molecule has 0 aromatic heterocycles. The van der Waals surface area contributed by atoms with Gasteiger partial charge in [0.15, 0.2) is 0 Å². The van der Waals surface area contributed by atoms with Gasteiger partial charge in [0.05, 0.1) is 7.11 Å². The van der Waals surface area contributed by atoms with E-state index in [-0.39, 0.29) is 0 Å². The Morgan fingerprint density at radius 2 is 1.91 bits per heavy atom. The minimum absolute atomic E-state index is 0.471. The molecule has 0 radical (unpaired) electrons. The second-order valence-corrected chi connectivity index (χ2v) is 2.35. The molecule has 0 aromatic carbocycles. The predicted octanol–water partition coefficient (Wildman–Crippen LogP) is 2.97. The van der Waals surface area contributed by atoms with E-state index in [1.807, 2.05) is 13.8 Å². The van der Waals surface area contributed by atoms with Crippen molar-refractivity contribution in [3.63, 3.8) is 0 Å². The standard InChI is InChI=1S/C9H13FO/c1-7(2)9(11-4)6-5-8(3)10/h5-6H,3H2,1-2,4H3/b6-5-. The first-order chi connectivity index (χ1) is 5.07. The molecule has 11 heavy (non-hydrogen) atoms. The Morgan fingerprint density at radius 3 is 2.18 bits per heavy atom. The fraction of sp³-hybridized carbons (Fsp3) is 0.333. The Morgan fingerprint density at radius 1 is 1.36 bits per heavy atom. The van der Waals surface area contributed by atoms with E-state index in [0.717, 1.165) is 5.57 Å². The minimum Gasteiger partial charge on any atom is -0.497 e. The monoisotopic (exact) mass is 156 g/mol. The summed E-state index contributed by atoms with van der Waals surface area (Å²) in [6.07, 6.45) is 2.82. The average Bonchev–Trinajstić information content (AvgIpc) is 1.87. The largest absolute Gasteiger partial charge is 0.497 e. The number of halogens is 1. The third kappa shape index (κ3) is 4.37. The van der Waals surface area contributed by atoms with Crippen LogP contribution in [-0.2, 0) is 4.74 Å². The minimum atomic E-state index is -0.471. The zero-order valence-electron chi connectivity index (χ0n) is 7.15. The maximum absolute atomic E-state index is 12.1. The lowest BCUT2D eigenvalue weighted by molar-refractivity contribution is 0.302. The molecule has 0 aliphatic heterocycles. The maximum atomic E-state index is 12.1. The summed E-state index contributed by atoms with van der Waals surface area (Å²) in [7, 11) is 1.55. The second kappa shape index (κ2) is 4.72. The third-order valence-corrected chi connectivity index (χ3v) is 1.13. The van der Waals surface area contributed by atoms with Crippen molar-refractivity contribution in [2.45, 2.75) is 13.8 Å². The lowest BCUT2D eigenvalue weighted by Crippen LogP contribution is -1.84. The second-order valence-electron chi connectivity index (χ2n) is 2.35. The molecule has 0 amide bonds. The smallest absolute Gasteiger partial charge is 0.117 e. The van der Waals surface area contributed by atoms with E-state index < -0.39 is 5.83 Å². The molecular weight excluding hydrogens is 143 g/mol. The Kier molecular flexibility index (Phi) is 4.27. The van der Waals surface area contributed by atoms with Gasteiger partial charge >= 0.3 is 0 Å². The van der Waals surface area contributed by atoms with Gasteiger partial charge in [0.2, 0.25) is 0 Å². The normalized spacial score (nSPS) is 9.82. The van der Waals surface area contributed by atoms with Crippen molar-refractivity contribution >= 4 is 0 Å². The van der Waals surface area contributed by atoms with Crippen LogP contribution in [0.3, 0.4) is 0 Å². The van der Waals surface area contributed by atoms with Crippen LogP contribution in [0.2, 0.25) is 0 Å². The number of hydrogen-bond donors (Lipinski definition) is 0. The molecule has 0 unspecified atom stereocenters. The first-order valence-electron chi connectivity index (χ1n) is 3.32. The molecule has 0 aliphatic carbocycles. The average molecular weight is 156 g/mol. The van der Waals surface area contributed by atoms with Crippen molar-refractivity contribution < 1.29 is 9.13 Å². The topological polar surface area (TPSA) is 9.23 Å². The van der Waals surface area contributed by atoms with E-state index >= 15 is 0 Å². The van der Waals surface area contributed by atoms with Gasteiger partial charge in [0, 0.05) is 0 Å². The first kappa shape index (κ1) is 9.95. The molecular formula is C9H13FO. The highest BCUT2D eigenvalue weighted by Gasteiger charge is 1.91. The highest BCUT2D eigenvalue weighted by molar-refractivity contribution is 5.22. The molecule has 62 valence electrons. The summed E-state index contributed by atoms with van der Waals surface area (Å²) in [5.41, 5.74) is 1.00. The number of ether oxygens (including phenoxy) is 1. The maximum Gasteiger partial charge on any atom is 0.117 e. The predicted molar refractivity (Wildman–Crippen MR) is 44.8 cm³/mol. The summed E-state index contributed by atoms with van der Waals surface area (Å²) in [5.74, 6) is 0.199. The first-order valence-corrected chi connectivity index (χ1v) is 3.32. The molecule has 0 N–H and O–H groups in total. The van der Waals surface area contributed by atoms with Crippen LogP contribution < -0.4 is 0 Å². The molecule has 0 aromatic rings. The van der Waals surface area contributed by atoms with Crippen LogP contribution in [-0.4, -0.2) is 7.11 Å². The van der Waals surface area contributed by atoms with E-state index in [1.54, 1.807) is 13.2 Å². The van der Waals surface area contributed by atoms with Crippen LogP contribution in [0.25, 0.3) is 0 Å². The molecule has 0 spiro atoms. The van der Waals surface area contributed by atoms with Crippen LogP contribution in [0, 0.1) is 0 Å². The molecule has 0 atom stereocenters. The van der Waals surface area contributed by atoms with Gasteiger partial charge in [-0.25, -0.2) is 4.39 Å². The van der Waals surface area contributed by atoms with Gasteiger partial charge < -0.3 is 4.74 Å². The molecule has 2 heteroatoms. The van der Waals surface area contributed by atoms with E-state index in [2.05, 4.69) is 6.58 Å². The molecule has 0 bridgehead atoms. The van der Waals surface area contributed by atoms with Gasteiger partial charge in [-0.1, -0.05) is 6.58 Å². The Hall–Kier alpha value is -1.05. The summed E-state index contributed by atoms with van der Waals surface area (Å²) in [6.45, 7) is 6.88. The van der Waals surface area contributed by atoms with E-state index in [9.17, 15) is 4.39 Å². The quantitative estimate of drug-likeness (QED) is 0.451. The van der Waals surface area contributed by atoms with E-state index in [0.29, 0.717) is 5.76 Å². The third-order valence-electron chi connectivity index (χ3n) is 1.13. The number of hydrogen-bond acceptors (Lipinski definition) is 1. The van der Waals surface area contributed by atoms with Crippen LogP contribution in [0.5, 0.6) is 0 Å². The Bertz CT molecular complexity index is 198. The summed E-state index contributed by atoms with van der Waals surface area (Å²) in [6, 6.07) is 0. The molecule has 0 saturated carbocycles. The highest BCUT2D eigenvalue weighted by Crippen LogP contribution is 2.07. The fourth-order valence-corrected chi connectivity index (χ4v) is 0.605. The van der Waals surface area contributed by atoms with Crippen molar-refractivity contribution in [2.75, 3.05) is 7.11 Å². The highest BCUT2D eigenvalue weighted by atomic mass is 19.1. The number of allylic oxidation sites excluding steroid dienone is 4. The molecule has 0 aliphatic rings. The number of methoxy groups -OCH3 is 1. The van der Waals surface area contributed by atoms with Crippen molar-refractivity contribution in [2.24, 2.45) is 0 Å². The van der Waals surface area contributed by atoms with Crippen LogP contribution >= 0.6 is 0 Å². The summed E-state index contributed by atoms with van der Waals surface area (Å²) < 4.78 is 17.0. The summed E-state index contributed by atoms with van der Waals surface area (Å²) in [4.78, 5) is 0. The summed E-state index contributed by atoms with van der Waals surface area (Å²) >= 11 is 0. The van der Waals surface area contributed by atoms with Crippen molar-refractivity contribution in [3.05, 3.63) is 35.9 Å². The van der Waals surface area contributed by atoms with Crippen molar-refractivity contribution in [1.82, 2.24) is 0 Å². The van der Waals surface area contributed by atoms with Crippen molar-refractivity contribution in [1.29, 1.82) is 0 Å². The molecule has 1 nitrogen and oxygen atoms in total. The molecule has 0 rings (SSSR count). The molecule has 0 saturated heterocycles. The Labute approximate surface area is 66.9 Å². The molecule has 0 heterocycles. The Balaban J connectivity index is 4.33. The zero-order chi connectivity index (χ0) is 8.85. The van der Waals surface area contributed by atoms with Gasteiger partial charge in [-0.2, -0.15) is 0 Å². The SMILES string of the molecule is C=C(F)/C=C\C(OC)=C(C)C. The van der Waals surface area contributed by atoms with Gasteiger partial charge in [0.1, 0.15) is 11.6 Å². The van der Waals surface area contributed by atoms with Gasteiger partial charge in [-0.3, -0.25) is 0 Å². The zero-order valence-corrected chi connectivity index (χ0v) is 7.15.